The number of hydrogen-bond acceptors (Lipinski definition) is 3. The third-order valence-electron chi connectivity index (χ3n) is 2.85. The summed E-state index contributed by atoms with van der Waals surface area (Å²) in [6.07, 6.45) is 0.790. The van der Waals surface area contributed by atoms with Crippen LogP contribution in [0, 0.1) is 0 Å². The molecule has 7 heteroatoms. The van der Waals surface area contributed by atoms with Gasteiger partial charge in [0, 0.05) is 0 Å². The zero-order chi connectivity index (χ0) is 15.0. The fourth-order valence-electron chi connectivity index (χ4n) is 1.76. The Bertz CT molecular complexity index is 311. The normalized spacial score (nSPS) is 17.8. The Kier molecular flexibility index (Phi) is 7.29. The maximum Gasteiger partial charge on any atom is 0.330 e. The van der Waals surface area contributed by atoms with E-state index < -0.39 is 19.0 Å². The van der Waals surface area contributed by atoms with Crippen LogP contribution >= 0.6 is 0 Å². The summed E-state index contributed by atoms with van der Waals surface area (Å²) in [5, 5.41) is 3.10. The molecule has 0 aromatic heterocycles. The number of allylic oxidation sites excluding steroid dienone is 1. The van der Waals surface area contributed by atoms with E-state index >= 15 is 0 Å². The minimum Gasteiger partial charge on any atom is -0.497 e. The van der Waals surface area contributed by atoms with E-state index in [0.717, 1.165) is 19.3 Å². The molecule has 20 heavy (non-hydrogen) atoms. The Morgan fingerprint density at radius 1 is 1.45 bits per heavy atom. The van der Waals surface area contributed by atoms with Crippen molar-refractivity contribution >= 4 is 0 Å². The van der Waals surface area contributed by atoms with E-state index in [4.69, 9.17) is 9.47 Å². The Labute approximate surface area is 116 Å². The van der Waals surface area contributed by atoms with Crippen LogP contribution in [0.4, 0.5) is 17.6 Å². The second-order valence-corrected chi connectivity index (χ2v) is 4.68. The third kappa shape index (κ3) is 5.66. The monoisotopic (exact) mass is 299 g/mol. The first-order valence-electron chi connectivity index (χ1n) is 6.77. The number of rotatable bonds is 9. The van der Waals surface area contributed by atoms with Crippen LogP contribution in [-0.2, 0) is 9.47 Å². The fourth-order valence-corrected chi connectivity index (χ4v) is 1.76. The molecule has 0 fully saturated rings. The molecule has 1 rings (SSSR count). The molecule has 0 radical (unpaired) electrons. The first-order chi connectivity index (χ1) is 9.47. The van der Waals surface area contributed by atoms with Crippen LogP contribution in [-0.4, -0.2) is 44.8 Å². The molecule has 3 nitrogen and oxygen atoms in total. The second-order valence-electron chi connectivity index (χ2n) is 4.68. The Hall–Kier alpha value is -0.820. The lowest BCUT2D eigenvalue weighted by atomic mass is 10.1. The van der Waals surface area contributed by atoms with Crippen molar-refractivity contribution in [3.05, 3.63) is 11.8 Å². The van der Waals surface area contributed by atoms with E-state index in [1.165, 1.54) is 0 Å². The Morgan fingerprint density at radius 2 is 2.20 bits per heavy atom. The highest BCUT2D eigenvalue weighted by molar-refractivity contribution is 5.05. The predicted octanol–water partition coefficient (Wildman–Crippen LogP) is 2.97. The SMILES string of the molecule is CCCNC(COCC(F)(F)C(F)F)C1=CCCCO1. The smallest absolute Gasteiger partial charge is 0.330 e. The molecular formula is C13H21F4NO2. The number of nitrogens with one attached hydrogen (secondary N) is 1. The second kappa shape index (κ2) is 8.46. The van der Waals surface area contributed by atoms with E-state index in [9.17, 15) is 17.6 Å². The Morgan fingerprint density at radius 3 is 2.75 bits per heavy atom. The summed E-state index contributed by atoms with van der Waals surface area (Å²) in [6.45, 7) is 1.80. The molecule has 0 aromatic rings. The molecule has 1 aliphatic heterocycles. The molecule has 0 amide bonds. The summed E-state index contributed by atoms with van der Waals surface area (Å²) in [7, 11) is 0. The summed E-state index contributed by atoms with van der Waals surface area (Å²) >= 11 is 0. The van der Waals surface area contributed by atoms with Gasteiger partial charge in [-0.25, -0.2) is 8.78 Å². The van der Waals surface area contributed by atoms with Crippen molar-refractivity contribution in [3.8, 4) is 0 Å². The van der Waals surface area contributed by atoms with Gasteiger partial charge in [-0.05, 0) is 31.9 Å². The topological polar surface area (TPSA) is 30.5 Å². The minimum absolute atomic E-state index is 0.117. The first-order valence-corrected chi connectivity index (χ1v) is 6.77. The molecule has 0 saturated carbocycles. The van der Waals surface area contributed by atoms with Crippen LogP contribution in [0.2, 0.25) is 0 Å². The molecule has 0 aliphatic carbocycles. The van der Waals surface area contributed by atoms with E-state index in [0.29, 0.717) is 18.9 Å². The molecule has 118 valence electrons. The number of hydrogen-bond donors (Lipinski definition) is 1. The van der Waals surface area contributed by atoms with E-state index in [-0.39, 0.29) is 12.6 Å². The number of halogens is 4. The molecular weight excluding hydrogens is 278 g/mol. The van der Waals surface area contributed by atoms with Crippen molar-refractivity contribution in [1.29, 1.82) is 0 Å². The average Bonchev–Trinajstić information content (AvgIpc) is 2.43. The van der Waals surface area contributed by atoms with E-state index in [2.05, 4.69) is 5.32 Å². The van der Waals surface area contributed by atoms with Crippen LogP contribution in [0.3, 0.4) is 0 Å². The van der Waals surface area contributed by atoms with Gasteiger partial charge in [0.15, 0.2) is 0 Å². The number of alkyl halides is 4. The maximum atomic E-state index is 12.7. The lowest BCUT2D eigenvalue weighted by Crippen LogP contribution is -2.40. The van der Waals surface area contributed by atoms with Gasteiger partial charge in [0.25, 0.3) is 0 Å². The van der Waals surface area contributed by atoms with Crippen LogP contribution < -0.4 is 5.32 Å². The fraction of sp³-hybridized carbons (Fsp3) is 0.846. The highest BCUT2D eigenvalue weighted by Gasteiger charge is 2.41. The summed E-state index contributed by atoms with van der Waals surface area (Å²) in [4.78, 5) is 0. The van der Waals surface area contributed by atoms with Crippen molar-refractivity contribution < 1.29 is 27.0 Å². The van der Waals surface area contributed by atoms with E-state index in [1.807, 2.05) is 13.0 Å². The van der Waals surface area contributed by atoms with Gasteiger partial charge in [0.2, 0.25) is 0 Å². The van der Waals surface area contributed by atoms with Crippen LogP contribution in [0.1, 0.15) is 26.2 Å². The van der Waals surface area contributed by atoms with E-state index in [1.54, 1.807) is 0 Å². The molecule has 1 unspecified atom stereocenters. The molecule has 1 N–H and O–H groups in total. The zero-order valence-corrected chi connectivity index (χ0v) is 11.5. The average molecular weight is 299 g/mol. The van der Waals surface area contributed by atoms with Crippen molar-refractivity contribution in [1.82, 2.24) is 5.32 Å². The predicted molar refractivity (Wildman–Crippen MR) is 67.1 cm³/mol. The lowest BCUT2D eigenvalue weighted by molar-refractivity contribution is -0.167. The van der Waals surface area contributed by atoms with Crippen molar-refractivity contribution in [2.45, 2.75) is 44.6 Å². The first kappa shape index (κ1) is 17.2. The molecule has 0 bridgehead atoms. The zero-order valence-electron chi connectivity index (χ0n) is 11.5. The Balaban J connectivity index is 2.46. The van der Waals surface area contributed by atoms with Crippen LogP contribution in [0.15, 0.2) is 11.8 Å². The summed E-state index contributed by atoms with van der Waals surface area (Å²) in [5.41, 5.74) is 0. The van der Waals surface area contributed by atoms with Crippen LogP contribution in [0.25, 0.3) is 0 Å². The van der Waals surface area contributed by atoms with Gasteiger partial charge in [-0.15, -0.1) is 0 Å². The van der Waals surface area contributed by atoms with Gasteiger partial charge in [-0.3, -0.25) is 0 Å². The highest BCUT2D eigenvalue weighted by atomic mass is 19.3. The highest BCUT2D eigenvalue weighted by Crippen LogP contribution is 2.23. The largest absolute Gasteiger partial charge is 0.497 e. The minimum atomic E-state index is -4.11. The van der Waals surface area contributed by atoms with Gasteiger partial charge >= 0.3 is 12.3 Å². The molecule has 0 spiro atoms. The lowest BCUT2D eigenvalue weighted by Gasteiger charge is -2.25. The summed E-state index contributed by atoms with van der Waals surface area (Å²) in [6, 6.07) is -0.372. The van der Waals surface area contributed by atoms with Crippen LogP contribution in [0.5, 0.6) is 0 Å². The van der Waals surface area contributed by atoms with Crippen molar-refractivity contribution in [3.63, 3.8) is 0 Å². The number of ether oxygens (including phenoxy) is 2. The third-order valence-corrected chi connectivity index (χ3v) is 2.85. The van der Waals surface area contributed by atoms with Gasteiger partial charge in [0.1, 0.15) is 12.4 Å². The molecule has 1 heterocycles. The van der Waals surface area contributed by atoms with Gasteiger partial charge in [0.05, 0.1) is 19.3 Å². The summed E-state index contributed by atoms with van der Waals surface area (Å²) in [5.74, 6) is -3.47. The van der Waals surface area contributed by atoms with Gasteiger partial charge in [-0.2, -0.15) is 8.78 Å². The summed E-state index contributed by atoms with van der Waals surface area (Å²) < 4.78 is 59.7. The molecule has 1 aliphatic rings. The molecule has 0 saturated heterocycles. The van der Waals surface area contributed by atoms with Crippen molar-refractivity contribution in [2.75, 3.05) is 26.4 Å². The molecule has 0 aromatic carbocycles. The van der Waals surface area contributed by atoms with Crippen molar-refractivity contribution in [2.24, 2.45) is 0 Å². The quantitative estimate of drug-likeness (QED) is 0.664. The maximum absolute atomic E-state index is 12.7. The van der Waals surface area contributed by atoms with Gasteiger partial charge < -0.3 is 14.8 Å². The standard InChI is InChI=1S/C13H21F4NO2/c1-2-6-18-10(11-5-3-4-7-20-11)8-19-9-13(16,17)12(14)15/h5,10,12,18H,2-4,6-9H2,1H3. The van der Waals surface area contributed by atoms with Gasteiger partial charge in [-0.1, -0.05) is 6.92 Å². The molecule has 1 atom stereocenters.